The minimum Gasteiger partial charge on any atom is -0.469 e. The van der Waals surface area contributed by atoms with Crippen molar-refractivity contribution < 1.29 is 19.1 Å². The summed E-state index contributed by atoms with van der Waals surface area (Å²) in [6.07, 6.45) is 0.238. The number of nitrogens with one attached hydrogen (secondary N) is 1. The topological polar surface area (TPSA) is 75.7 Å². The number of esters is 1. The lowest BCUT2D eigenvalue weighted by molar-refractivity contribution is -0.141. The van der Waals surface area contributed by atoms with Crippen molar-refractivity contribution in [2.75, 3.05) is 25.5 Å². The molecule has 0 unspecified atom stereocenters. The van der Waals surface area contributed by atoms with Crippen LogP contribution in [0.5, 0.6) is 0 Å². The van der Waals surface area contributed by atoms with Crippen molar-refractivity contribution in [2.24, 2.45) is 0 Å². The van der Waals surface area contributed by atoms with Crippen LogP contribution in [0, 0.1) is 0 Å². The van der Waals surface area contributed by atoms with Crippen LogP contribution in [0.15, 0.2) is 24.3 Å². The van der Waals surface area contributed by atoms with Crippen molar-refractivity contribution in [3.05, 3.63) is 29.8 Å². The Hall–Kier alpha value is -2.21. The van der Waals surface area contributed by atoms with Crippen LogP contribution >= 0.6 is 0 Å². The standard InChI is InChI=1S/C17H24N2O4/c1-12(2)19(9-8-17(22)23-4)11-16(21)18-15-7-5-6-14(10-15)13(3)20/h5-7,10,12H,8-9,11H2,1-4H3,(H,18,21). The molecule has 0 aromatic heterocycles. The number of benzene rings is 1. The number of methoxy groups -OCH3 is 1. The first-order valence-corrected chi connectivity index (χ1v) is 7.55. The molecule has 0 saturated carbocycles. The number of nitrogens with zero attached hydrogens (tertiary/aromatic N) is 1. The van der Waals surface area contributed by atoms with Gasteiger partial charge in [-0.1, -0.05) is 12.1 Å². The number of amides is 1. The Labute approximate surface area is 136 Å². The summed E-state index contributed by atoms with van der Waals surface area (Å²) in [5.74, 6) is -0.544. The predicted octanol–water partition coefficient (Wildman–Crippen LogP) is 2.10. The number of carbonyl (C=O) groups excluding carboxylic acids is 3. The third-order valence-electron chi connectivity index (χ3n) is 3.46. The molecule has 0 saturated heterocycles. The molecule has 0 aliphatic carbocycles. The highest BCUT2D eigenvalue weighted by Crippen LogP contribution is 2.11. The summed E-state index contributed by atoms with van der Waals surface area (Å²) in [6, 6.07) is 6.93. The zero-order valence-electron chi connectivity index (χ0n) is 14.1. The first-order chi connectivity index (χ1) is 10.8. The van der Waals surface area contributed by atoms with Gasteiger partial charge in [-0.2, -0.15) is 0 Å². The fraction of sp³-hybridized carbons (Fsp3) is 0.471. The van der Waals surface area contributed by atoms with Gasteiger partial charge in [0.25, 0.3) is 0 Å². The highest BCUT2D eigenvalue weighted by atomic mass is 16.5. The Kier molecular flexibility index (Phi) is 7.41. The molecule has 0 bridgehead atoms. The maximum absolute atomic E-state index is 12.2. The van der Waals surface area contributed by atoms with Crippen LogP contribution in [0.2, 0.25) is 0 Å². The smallest absolute Gasteiger partial charge is 0.306 e. The molecule has 1 rings (SSSR count). The van der Waals surface area contributed by atoms with Crippen LogP contribution in [-0.4, -0.2) is 48.8 Å². The van der Waals surface area contributed by atoms with Crippen molar-refractivity contribution in [2.45, 2.75) is 33.2 Å². The van der Waals surface area contributed by atoms with Gasteiger partial charge >= 0.3 is 5.97 Å². The summed E-state index contributed by atoms with van der Waals surface area (Å²) in [7, 11) is 1.34. The van der Waals surface area contributed by atoms with Crippen molar-refractivity contribution in [1.82, 2.24) is 4.90 Å². The lowest BCUT2D eigenvalue weighted by Crippen LogP contribution is -2.39. The van der Waals surface area contributed by atoms with Crippen LogP contribution in [0.25, 0.3) is 0 Å². The number of anilines is 1. The summed E-state index contributed by atoms with van der Waals surface area (Å²) >= 11 is 0. The van der Waals surface area contributed by atoms with Crippen LogP contribution in [0.3, 0.4) is 0 Å². The van der Waals surface area contributed by atoms with Gasteiger partial charge in [-0.15, -0.1) is 0 Å². The van der Waals surface area contributed by atoms with E-state index in [1.165, 1.54) is 14.0 Å². The monoisotopic (exact) mass is 320 g/mol. The molecule has 0 spiro atoms. The molecule has 23 heavy (non-hydrogen) atoms. The molecular formula is C17H24N2O4. The summed E-state index contributed by atoms with van der Waals surface area (Å²) in [6.45, 7) is 6.01. The number of hydrogen-bond acceptors (Lipinski definition) is 5. The lowest BCUT2D eigenvalue weighted by Gasteiger charge is -2.25. The Balaban J connectivity index is 2.63. The maximum atomic E-state index is 12.2. The van der Waals surface area contributed by atoms with Gasteiger partial charge in [0.2, 0.25) is 5.91 Å². The average Bonchev–Trinajstić information content (AvgIpc) is 2.50. The maximum Gasteiger partial charge on any atom is 0.306 e. The van der Waals surface area contributed by atoms with Crippen molar-refractivity contribution in [1.29, 1.82) is 0 Å². The summed E-state index contributed by atoms with van der Waals surface area (Å²) in [4.78, 5) is 36.7. The fourth-order valence-corrected chi connectivity index (χ4v) is 2.06. The van der Waals surface area contributed by atoms with E-state index in [-0.39, 0.29) is 36.7 Å². The molecular weight excluding hydrogens is 296 g/mol. The zero-order chi connectivity index (χ0) is 17.4. The van der Waals surface area contributed by atoms with E-state index in [4.69, 9.17) is 0 Å². The molecule has 6 heteroatoms. The van der Waals surface area contributed by atoms with Crippen LogP contribution in [0.4, 0.5) is 5.69 Å². The zero-order valence-corrected chi connectivity index (χ0v) is 14.1. The van der Waals surface area contributed by atoms with Gasteiger partial charge in [0, 0.05) is 23.8 Å². The lowest BCUT2D eigenvalue weighted by atomic mass is 10.1. The second-order valence-corrected chi connectivity index (χ2v) is 5.58. The number of carbonyl (C=O) groups is 3. The largest absolute Gasteiger partial charge is 0.469 e. The van der Waals surface area contributed by atoms with Gasteiger partial charge in [0.05, 0.1) is 20.1 Å². The third kappa shape index (κ3) is 6.61. The van der Waals surface area contributed by atoms with E-state index in [0.29, 0.717) is 17.8 Å². The Morgan fingerprint density at radius 3 is 2.52 bits per heavy atom. The van der Waals surface area contributed by atoms with Crippen LogP contribution in [-0.2, 0) is 14.3 Å². The minimum absolute atomic E-state index is 0.0528. The SMILES string of the molecule is COC(=O)CCN(CC(=O)Nc1cccc(C(C)=O)c1)C(C)C. The van der Waals surface area contributed by atoms with Gasteiger partial charge in [-0.25, -0.2) is 0 Å². The first-order valence-electron chi connectivity index (χ1n) is 7.55. The quantitative estimate of drug-likeness (QED) is 0.586. The van der Waals surface area contributed by atoms with E-state index < -0.39 is 0 Å². The van der Waals surface area contributed by atoms with E-state index in [9.17, 15) is 14.4 Å². The molecule has 126 valence electrons. The van der Waals surface area contributed by atoms with Crippen molar-refractivity contribution in [3.8, 4) is 0 Å². The Morgan fingerprint density at radius 1 is 1.26 bits per heavy atom. The predicted molar refractivity (Wildman–Crippen MR) is 88.4 cm³/mol. The van der Waals surface area contributed by atoms with Gasteiger partial charge in [-0.3, -0.25) is 19.3 Å². The van der Waals surface area contributed by atoms with Gasteiger partial charge in [-0.05, 0) is 32.9 Å². The number of ketones is 1. The Bertz CT molecular complexity index is 569. The molecule has 0 atom stereocenters. The number of rotatable bonds is 8. The molecule has 1 amide bonds. The third-order valence-corrected chi connectivity index (χ3v) is 3.46. The Morgan fingerprint density at radius 2 is 1.96 bits per heavy atom. The second-order valence-electron chi connectivity index (χ2n) is 5.58. The summed E-state index contributed by atoms with van der Waals surface area (Å²) in [5, 5.41) is 2.78. The van der Waals surface area contributed by atoms with Crippen molar-refractivity contribution in [3.63, 3.8) is 0 Å². The van der Waals surface area contributed by atoms with Crippen LogP contribution < -0.4 is 5.32 Å². The first kappa shape index (κ1) is 18.8. The van der Waals surface area contributed by atoms with Gasteiger partial charge in [0.15, 0.2) is 5.78 Å². The van der Waals surface area contributed by atoms with Gasteiger partial charge in [0.1, 0.15) is 0 Å². The molecule has 1 aromatic carbocycles. The fourth-order valence-electron chi connectivity index (χ4n) is 2.06. The second kappa shape index (κ2) is 9.05. The van der Waals surface area contributed by atoms with E-state index in [2.05, 4.69) is 10.1 Å². The molecule has 0 heterocycles. The molecule has 6 nitrogen and oxygen atoms in total. The normalized spacial score (nSPS) is 10.7. The van der Waals surface area contributed by atoms with E-state index >= 15 is 0 Å². The van der Waals surface area contributed by atoms with E-state index in [0.717, 1.165) is 0 Å². The number of Topliss-reactive ketones (excluding diaryl/α,β-unsaturated/α-hetero) is 1. The highest BCUT2D eigenvalue weighted by Gasteiger charge is 2.16. The molecule has 1 N–H and O–H groups in total. The summed E-state index contributed by atoms with van der Waals surface area (Å²) in [5.41, 5.74) is 1.13. The van der Waals surface area contributed by atoms with Crippen LogP contribution in [0.1, 0.15) is 37.6 Å². The van der Waals surface area contributed by atoms with Crippen molar-refractivity contribution >= 4 is 23.3 Å². The van der Waals surface area contributed by atoms with E-state index in [1.807, 2.05) is 18.7 Å². The van der Waals surface area contributed by atoms with E-state index in [1.54, 1.807) is 24.3 Å². The number of hydrogen-bond donors (Lipinski definition) is 1. The molecule has 1 aromatic rings. The molecule has 0 radical (unpaired) electrons. The number of ether oxygens (including phenoxy) is 1. The molecule has 0 fully saturated rings. The van der Waals surface area contributed by atoms with Gasteiger partial charge < -0.3 is 10.1 Å². The summed E-state index contributed by atoms with van der Waals surface area (Å²) < 4.78 is 4.62. The average molecular weight is 320 g/mol. The molecule has 0 aliphatic heterocycles. The highest BCUT2D eigenvalue weighted by molar-refractivity contribution is 5.97. The molecule has 0 aliphatic rings. The minimum atomic E-state index is -0.301.